The molecule has 3 N–H and O–H groups in total. The van der Waals surface area contributed by atoms with Crippen LogP contribution in [0.1, 0.15) is 44.0 Å². The highest BCUT2D eigenvalue weighted by Gasteiger charge is 2.33. The monoisotopic (exact) mass is 331 g/mol. The largest absolute Gasteiger partial charge is 0.366 e. The van der Waals surface area contributed by atoms with Gasteiger partial charge in [0.2, 0.25) is 17.7 Å². The molecule has 0 aromatic heterocycles. The summed E-state index contributed by atoms with van der Waals surface area (Å²) in [5.74, 6) is -0.753. The fourth-order valence-corrected chi connectivity index (χ4v) is 2.81. The van der Waals surface area contributed by atoms with Crippen LogP contribution in [-0.4, -0.2) is 35.7 Å². The van der Waals surface area contributed by atoms with E-state index in [2.05, 4.69) is 5.32 Å². The SMILES string of the molecule is CC(C)(C)C(=O)N1CCC[C@H](C(=O)Nc2ccc(C(N)=O)cc2)C1. The molecular formula is C18H25N3O3. The summed E-state index contributed by atoms with van der Waals surface area (Å²) in [7, 11) is 0. The number of carbonyl (C=O) groups excluding carboxylic acids is 3. The molecule has 0 saturated carbocycles. The van der Waals surface area contributed by atoms with Crippen LogP contribution < -0.4 is 11.1 Å². The Bertz CT molecular complexity index is 632. The summed E-state index contributed by atoms with van der Waals surface area (Å²) in [5, 5.41) is 2.85. The van der Waals surface area contributed by atoms with Gasteiger partial charge in [-0.15, -0.1) is 0 Å². The molecule has 3 amide bonds. The first-order valence-corrected chi connectivity index (χ1v) is 8.18. The zero-order valence-corrected chi connectivity index (χ0v) is 14.5. The fraction of sp³-hybridized carbons (Fsp3) is 0.500. The summed E-state index contributed by atoms with van der Waals surface area (Å²) in [6.45, 7) is 6.81. The number of rotatable bonds is 3. The first-order valence-electron chi connectivity index (χ1n) is 8.18. The van der Waals surface area contributed by atoms with E-state index in [9.17, 15) is 14.4 Å². The van der Waals surface area contributed by atoms with Gasteiger partial charge >= 0.3 is 0 Å². The van der Waals surface area contributed by atoms with Gasteiger partial charge in [-0.25, -0.2) is 0 Å². The van der Waals surface area contributed by atoms with Crippen molar-refractivity contribution in [1.29, 1.82) is 0 Å². The number of nitrogens with one attached hydrogen (secondary N) is 1. The van der Waals surface area contributed by atoms with Crippen LogP contribution >= 0.6 is 0 Å². The van der Waals surface area contributed by atoms with Crippen LogP contribution in [0.2, 0.25) is 0 Å². The van der Waals surface area contributed by atoms with E-state index in [1.165, 1.54) is 0 Å². The maximum atomic E-state index is 12.5. The smallest absolute Gasteiger partial charge is 0.248 e. The van der Waals surface area contributed by atoms with Crippen molar-refractivity contribution in [3.63, 3.8) is 0 Å². The van der Waals surface area contributed by atoms with Crippen molar-refractivity contribution < 1.29 is 14.4 Å². The first-order chi connectivity index (χ1) is 11.2. The van der Waals surface area contributed by atoms with Gasteiger partial charge in [0.15, 0.2) is 0 Å². The molecule has 1 heterocycles. The van der Waals surface area contributed by atoms with Crippen LogP contribution in [0.15, 0.2) is 24.3 Å². The van der Waals surface area contributed by atoms with E-state index in [-0.39, 0.29) is 17.7 Å². The van der Waals surface area contributed by atoms with Gasteiger partial charge < -0.3 is 16.0 Å². The van der Waals surface area contributed by atoms with E-state index in [4.69, 9.17) is 5.73 Å². The number of likely N-dealkylation sites (tertiary alicyclic amines) is 1. The number of anilines is 1. The summed E-state index contributed by atoms with van der Waals surface area (Å²) < 4.78 is 0. The predicted octanol–water partition coefficient (Wildman–Crippen LogP) is 2.01. The third-order valence-corrected chi connectivity index (χ3v) is 4.16. The van der Waals surface area contributed by atoms with Crippen LogP contribution in [0.4, 0.5) is 5.69 Å². The van der Waals surface area contributed by atoms with Crippen molar-refractivity contribution in [2.75, 3.05) is 18.4 Å². The van der Waals surface area contributed by atoms with E-state index in [0.29, 0.717) is 24.3 Å². The molecule has 1 aliphatic rings. The molecule has 2 rings (SSSR count). The Kier molecular flexibility index (Phi) is 5.26. The second kappa shape index (κ2) is 7.03. The third-order valence-electron chi connectivity index (χ3n) is 4.16. The van der Waals surface area contributed by atoms with Crippen molar-refractivity contribution in [2.24, 2.45) is 17.1 Å². The Morgan fingerprint density at radius 1 is 1.17 bits per heavy atom. The zero-order valence-electron chi connectivity index (χ0n) is 14.5. The Hall–Kier alpha value is -2.37. The topological polar surface area (TPSA) is 92.5 Å². The van der Waals surface area contributed by atoms with Crippen LogP contribution in [0, 0.1) is 11.3 Å². The molecule has 0 aliphatic carbocycles. The van der Waals surface area contributed by atoms with Crippen LogP contribution in [0.3, 0.4) is 0 Å². The molecule has 1 atom stereocenters. The maximum Gasteiger partial charge on any atom is 0.248 e. The molecule has 1 aromatic carbocycles. The molecule has 6 heteroatoms. The molecule has 6 nitrogen and oxygen atoms in total. The van der Waals surface area contributed by atoms with Crippen LogP contribution in [0.5, 0.6) is 0 Å². The van der Waals surface area contributed by atoms with Crippen LogP contribution in [-0.2, 0) is 9.59 Å². The highest BCUT2D eigenvalue weighted by atomic mass is 16.2. The number of nitrogens with zero attached hydrogens (tertiary/aromatic N) is 1. The molecule has 130 valence electrons. The number of amides is 3. The lowest BCUT2D eigenvalue weighted by molar-refractivity contribution is -0.142. The lowest BCUT2D eigenvalue weighted by Crippen LogP contribution is -2.47. The Morgan fingerprint density at radius 2 is 1.79 bits per heavy atom. The molecule has 1 saturated heterocycles. The lowest BCUT2D eigenvalue weighted by Gasteiger charge is -2.35. The Balaban J connectivity index is 1.99. The average Bonchev–Trinajstić information content (AvgIpc) is 2.54. The van der Waals surface area contributed by atoms with E-state index in [0.717, 1.165) is 12.8 Å². The van der Waals surface area contributed by atoms with Crippen molar-refractivity contribution in [3.8, 4) is 0 Å². The van der Waals surface area contributed by atoms with Crippen molar-refractivity contribution >= 4 is 23.4 Å². The molecule has 1 fully saturated rings. The highest BCUT2D eigenvalue weighted by molar-refractivity contribution is 5.95. The summed E-state index contributed by atoms with van der Waals surface area (Å²) in [6.07, 6.45) is 1.58. The third kappa shape index (κ3) is 4.34. The van der Waals surface area contributed by atoms with Gasteiger partial charge in [-0.1, -0.05) is 20.8 Å². The van der Waals surface area contributed by atoms with E-state index >= 15 is 0 Å². The second-order valence-electron chi connectivity index (χ2n) is 7.27. The average molecular weight is 331 g/mol. The highest BCUT2D eigenvalue weighted by Crippen LogP contribution is 2.24. The maximum absolute atomic E-state index is 12.5. The van der Waals surface area contributed by atoms with Gasteiger partial charge in [0.25, 0.3) is 0 Å². The quantitative estimate of drug-likeness (QED) is 0.887. The number of primary amides is 1. The van der Waals surface area contributed by atoms with Gasteiger partial charge in [0.1, 0.15) is 0 Å². The fourth-order valence-electron chi connectivity index (χ4n) is 2.81. The second-order valence-corrected chi connectivity index (χ2v) is 7.27. The zero-order chi connectivity index (χ0) is 17.9. The molecule has 0 bridgehead atoms. The van der Waals surface area contributed by atoms with E-state index in [1.807, 2.05) is 20.8 Å². The van der Waals surface area contributed by atoms with Crippen molar-refractivity contribution in [3.05, 3.63) is 29.8 Å². The first kappa shape index (κ1) is 18.0. The van der Waals surface area contributed by atoms with E-state index in [1.54, 1.807) is 29.2 Å². The summed E-state index contributed by atoms with van der Waals surface area (Å²) in [4.78, 5) is 37.7. The normalized spacial score (nSPS) is 18.1. The minimum absolute atomic E-state index is 0.0748. The van der Waals surface area contributed by atoms with Gasteiger partial charge in [0.05, 0.1) is 5.92 Å². The predicted molar refractivity (Wildman–Crippen MR) is 92.3 cm³/mol. The molecule has 1 aromatic rings. The Labute approximate surface area is 142 Å². The number of nitrogens with two attached hydrogens (primary N) is 1. The van der Waals surface area contributed by atoms with Gasteiger partial charge in [-0.2, -0.15) is 0 Å². The standard InChI is InChI=1S/C18H25N3O3/c1-18(2,3)17(24)21-10-4-5-13(11-21)16(23)20-14-8-6-12(7-9-14)15(19)22/h6-9,13H,4-5,10-11H2,1-3H3,(H2,19,22)(H,20,23)/t13-/m0/s1. The van der Waals surface area contributed by atoms with Crippen molar-refractivity contribution in [2.45, 2.75) is 33.6 Å². The van der Waals surface area contributed by atoms with Gasteiger partial charge in [-0.05, 0) is 37.1 Å². The number of piperidine rings is 1. The molecule has 0 spiro atoms. The van der Waals surface area contributed by atoms with Crippen LogP contribution in [0.25, 0.3) is 0 Å². The summed E-state index contributed by atoms with van der Waals surface area (Å²) in [5.41, 5.74) is 5.77. The molecule has 1 aliphatic heterocycles. The Morgan fingerprint density at radius 3 is 2.33 bits per heavy atom. The number of hydrogen-bond acceptors (Lipinski definition) is 3. The molecular weight excluding hydrogens is 306 g/mol. The molecule has 0 unspecified atom stereocenters. The number of hydrogen-bond donors (Lipinski definition) is 2. The number of benzene rings is 1. The van der Waals surface area contributed by atoms with Gasteiger partial charge in [-0.3, -0.25) is 14.4 Å². The minimum Gasteiger partial charge on any atom is -0.366 e. The summed E-state index contributed by atoms with van der Waals surface area (Å²) in [6, 6.07) is 6.46. The molecule has 24 heavy (non-hydrogen) atoms. The van der Waals surface area contributed by atoms with E-state index < -0.39 is 11.3 Å². The van der Waals surface area contributed by atoms with Gasteiger partial charge in [0, 0.05) is 29.8 Å². The number of carbonyl (C=O) groups is 3. The minimum atomic E-state index is -0.503. The van der Waals surface area contributed by atoms with Crippen molar-refractivity contribution in [1.82, 2.24) is 4.90 Å². The molecule has 0 radical (unpaired) electrons. The lowest BCUT2D eigenvalue weighted by atomic mass is 9.91. The summed E-state index contributed by atoms with van der Waals surface area (Å²) >= 11 is 0.